The molecule has 1 heterocycles. The molecule has 1 aromatic carbocycles. The summed E-state index contributed by atoms with van der Waals surface area (Å²) in [5.41, 5.74) is 18.4. The van der Waals surface area contributed by atoms with Crippen LogP contribution in [0.4, 0.5) is 0 Å². The maximum Gasteiger partial charge on any atom is 0.327 e. The molecule has 0 fully saturated rings. The third-order valence-electron chi connectivity index (χ3n) is 6.31. The number of aromatic nitrogens is 1. The minimum Gasteiger partial charge on any atom is -0.480 e. The van der Waals surface area contributed by atoms with Crippen molar-refractivity contribution in [3.8, 4) is 0 Å². The number of fused-ring (bicyclic) bond motifs is 1. The number of amides is 3. The number of carbonyl (C=O) groups is 4. The van der Waals surface area contributed by atoms with Crippen molar-refractivity contribution in [3.05, 3.63) is 36.0 Å². The van der Waals surface area contributed by atoms with Crippen LogP contribution in [0.3, 0.4) is 0 Å². The number of aromatic amines is 1. The van der Waals surface area contributed by atoms with Crippen LogP contribution in [-0.2, 0) is 25.6 Å². The second kappa shape index (κ2) is 16.4. The van der Waals surface area contributed by atoms with Gasteiger partial charge in [-0.2, -0.15) is 12.6 Å². The number of hydrogen-bond acceptors (Lipinski definition) is 7. The van der Waals surface area contributed by atoms with Gasteiger partial charge in [-0.05, 0) is 30.9 Å². The molecule has 3 amide bonds. The van der Waals surface area contributed by atoms with E-state index in [4.69, 9.17) is 17.2 Å². The highest BCUT2D eigenvalue weighted by molar-refractivity contribution is 7.80. The van der Waals surface area contributed by atoms with Gasteiger partial charge in [-0.25, -0.2) is 4.79 Å². The van der Waals surface area contributed by atoms with E-state index < -0.39 is 47.9 Å². The maximum atomic E-state index is 13.5. The van der Waals surface area contributed by atoms with Gasteiger partial charge < -0.3 is 43.2 Å². The fourth-order valence-corrected chi connectivity index (χ4v) is 4.31. The van der Waals surface area contributed by atoms with Gasteiger partial charge in [0.1, 0.15) is 18.1 Å². The molecule has 14 heteroatoms. The van der Waals surface area contributed by atoms with Crippen molar-refractivity contribution < 1.29 is 24.3 Å². The van der Waals surface area contributed by atoms with Gasteiger partial charge >= 0.3 is 5.97 Å². The Morgan fingerprint density at radius 3 is 2.27 bits per heavy atom. The van der Waals surface area contributed by atoms with E-state index in [1.807, 2.05) is 31.2 Å². The van der Waals surface area contributed by atoms with Gasteiger partial charge in [0.05, 0.1) is 6.04 Å². The van der Waals surface area contributed by atoms with Gasteiger partial charge in [0.2, 0.25) is 17.7 Å². The minimum atomic E-state index is -1.23. The number of carboxylic acids is 1. The molecule has 0 saturated carbocycles. The zero-order valence-electron chi connectivity index (χ0n) is 22.6. The molecule has 0 unspecified atom stereocenters. The first-order valence-electron chi connectivity index (χ1n) is 13.2. The fourth-order valence-electron chi connectivity index (χ4n) is 4.07. The number of unbranched alkanes of at least 4 members (excludes halogenated alkanes) is 1. The smallest absolute Gasteiger partial charge is 0.327 e. The number of para-hydroxylation sites is 1. The van der Waals surface area contributed by atoms with Crippen molar-refractivity contribution >= 4 is 53.2 Å². The molecule has 0 aliphatic heterocycles. The number of nitrogens with one attached hydrogen (secondary N) is 4. The monoisotopic (exact) mass is 576 g/mol. The van der Waals surface area contributed by atoms with Crippen LogP contribution in [0.5, 0.6) is 0 Å². The van der Waals surface area contributed by atoms with Gasteiger partial charge in [-0.15, -0.1) is 0 Å². The highest BCUT2D eigenvalue weighted by Gasteiger charge is 2.30. The van der Waals surface area contributed by atoms with Crippen LogP contribution in [0.1, 0.15) is 44.6 Å². The van der Waals surface area contributed by atoms with Crippen LogP contribution < -0.4 is 33.2 Å². The first kappa shape index (κ1) is 32.4. The second-order valence-corrected chi connectivity index (χ2v) is 9.83. The molecule has 0 radical (unpaired) electrons. The summed E-state index contributed by atoms with van der Waals surface area (Å²) in [4.78, 5) is 57.9. The van der Waals surface area contributed by atoms with Crippen LogP contribution in [0, 0.1) is 0 Å². The third-order valence-corrected chi connectivity index (χ3v) is 6.68. The molecule has 2 rings (SSSR count). The largest absolute Gasteiger partial charge is 0.480 e. The highest BCUT2D eigenvalue weighted by Crippen LogP contribution is 2.19. The Labute approximate surface area is 238 Å². The quantitative estimate of drug-likeness (QED) is 0.0526. The van der Waals surface area contributed by atoms with Crippen LogP contribution in [0.15, 0.2) is 35.5 Å². The van der Waals surface area contributed by atoms with Gasteiger partial charge in [-0.3, -0.25) is 19.4 Å². The molecule has 40 heavy (non-hydrogen) atoms. The Balaban J connectivity index is 2.24. The average Bonchev–Trinajstić information content (AvgIpc) is 3.33. The summed E-state index contributed by atoms with van der Waals surface area (Å²) in [6.45, 7) is 2.24. The van der Waals surface area contributed by atoms with E-state index in [9.17, 15) is 24.3 Å². The maximum absolute atomic E-state index is 13.5. The van der Waals surface area contributed by atoms with Crippen molar-refractivity contribution in [1.82, 2.24) is 20.9 Å². The first-order chi connectivity index (χ1) is 19.1. The molecule has 0 aliphatic carbocycles. The fraction of sp³-hybridized carbons (Fsp3) is 0.500. The number of benzene rings is 1. The number of rotatable bonds is 17. The number of carbonyl (C=O) groups excluding carboxylic acids is 3. The third kappa shape index (κ3) is 10.1. The van der Waals surface area contributed by atoms with Crippen LogP contribution in [0.25, 0.3) is 10.9 Å². The molecule has 0 saturated heterocycles. The topological polar surface area (TPSA) is 231 Å². The number of thiol groups is 1. The van der Waals surface area contributed by atoms with E-state index in [-0.39, 0.29) is 31.0 Å². The van der Waals surface area contributed by atoms with Gasteiger partial charge in [-0.1, -0.05) is 38.0 Å². The zero-order valence-corrected chi connectivity index (χ0v) is 23.5. The lowest BCUT2D eigenvalue weighted by Gasteiger charge is -2.25. The summed E-state index contributed by atoms with van der Waals surface area (Å²) in [5.74, 6) is -3.19. The van der Waals surface area contributed by atoms with Gasteiger partial charge in [0.15, 0.2) is 5.96 Å². The van der Waals surface area contributed by atoms with Crippen LogP contribution in [0.2, 0.25) is 0 Å². The first-order valence-corrected chi connectivity index (χ1v) is 13.8. The molecule has 0 spiro atoms. The average molecular weight is 577 g/mol. The predicted molar refractivity (Wildman–Crippen MR) is 157 cm³/mol. The number of hydrogen-bond donors (Lipinski definition) is 9. The van der Waals surface area contributed by atoms with Crippen molar-refractivity contribution in [3.63, 3.8) is 0 Å². The Kier molecular flexibility index (Phi) is 13.3. The molecule has 13 nitrogen and oxygen atoms in total. The second-order valence-electron chi connectivity index (χ2n) is 9.47. The summed E-state index contributed by atoms with van der Waals surface area (Å²) in [7, 11) is 0. The van der Waals surface area contributed by atoms with Crippen LogP contribution >= 0.6 is 12.6 Å². The van der Waals surface area contributed by atoms with Crippen molar-refractivity contribution in [2.45, 2.75) is 69.6 Å². The number of H-pyrrole nitrogens is 1. The summed E-state index contributed by atoms with van der Waals surface area (Å²) in [6.07, 6.45) is 4.27. The van der Waals surface area contributed by atoms with E-state index in [0.29, 0.717) is 19.4 Å². The SMILES string of the molecule is CCCC[C@H](NC(=O)[C@H](Cc1c[nH]c2ccccc12)NC(=O)[C@@H](N)CCCN=C(N)N)C(=O)N[C@@H](CS)C(=O)O. The number of aliphatic carboxylic acids is 1. The number of guanidine groups is 1. The normalized spacial score (nSPS) is 14.0. The van der Waals surface area contributed by atoms with E-state index >= 15 is 0 Å². The van der Waals surface area contributed by atoms with Crippen molar-refractivity contribution in [2.75, 3.05) is 12.3 Å². The minimum absolute atomic E-state index is 0.0563. The summed E-state index contributed by atoms with van der Waals surface area (Å²) < 4.78 is 0. The predicted octanol–water partition coefficient (Wildman–Crippen LogP) is -0.250. The summed E-state index contributed by atoms with van der Waals surface area (Å²) >= 11 is 3.98. The van der Waals surface area contributed by atoms with Gasteiger partial charge in [0.25, 0.3) is 0 Å². The Morgan fingerprint density at radius 2 is 1.62 bits per heavy atom. The molecule has 0 aliphatic rings. The molecule has 1 aromatic heterocycles. The number of aliphatic imine (C=N–C) groups is 1. The number of nitrogens with two attached hydrogens (primary N) is 3. The lowest BCUT2D eigenvalue weighted by atomic mass is 10.0. The molecular formula is C26H40N8O5S. The molecule has 220 valence electrons. The van der Waals surface area contributed by atoms with E-state index in [2.05, 4.69) is 38.6 Å². The number of nitrogens with zero attached hydrogens (tertiary/aromatic N) is 1. The number of carboxylic acid groups (broad SMARTS) is 1. The highest BCUT2D eigenvalue weighted by atomic mass is 32.1. The lowest BCUT2D eigenvalue weighted by molar-refractivity contribution is -0.141. The Hall–Kier alpha value is -3.78. The summed E-state index contributed by atoms with van der Waals surface area (Å²) in [5, 5.41) is 18.0. The Morgan fingerprint density at radius 1 is 0.975 bits per heavy atom. The van der Waals surface area contributed by atoms with Crippen molar-refractivity contribution in [1.29, 1.82) is 0 Å². The Bertz CT molecular complexity index is 1180. The zero-order chi connectivity index (χ0) is 29.7. The van der Waals surface area contributed by atoms with Crippen molar-refractivity contribution in [2.24, 2.45) is 22.2 Å². The molecular weight excluding hydrogens is 536 g/mol. The lowest BCUT2D eigenvalue weighted by Crippen LogP contribution is -2.57. The van der Waals surface area contributed by atoms with Gasteiger partial charge in [0, 0.05) is 35.8 Å². The van der Waals surface area contributed by atoms with E-state index in [1.165, 1.54) is 0 Å². The molecule has 0 bridgehead atoms. The molecule has 4 atom stereocenters. The van der Waals surface area contributed by atoms with E-state index in [0.717, 1.165) is 22.9 Å². The molecule has 2 aromatic rings. The van der Waals surface area contributed by atoms with E-state index in [1.54, 1.807) is 6.20 Å². The van der Waals surface area contributed by atoms with Crippen LogP contribution in [-0.4, -0.2) is 76.2 Å². The standard InChI is InChI=1S/C26H40N8O5S/c1-2-3-9-19(23(36)34-21(14-40)25(38)39)32-24(37)20(12-15-13-31-18-10-5-4-7-16(15)18)33-22(35)17(27)8-6-11-30-26(28)29/h4-5,7,10,13,17,19-21,31,40H,2-3,6,8-9,11-12,14,27H2,1H3,(H,32,37)(H,33,35)(H,34,36)(H,38,39)(H4,28,29,30)/t17-,19-,20-,21-/m0/s1. The molecule has 11 N–H and O–H groups in total. The summed E-state index contributed by atoms with van der Waals surface area (Å²) in [6, 6.07) is 3.33.